The molecular formula is C18H34. The average Bonchev–Trinajstić information content (AvgIpc) is 2.39. The predicted molar refractivity (Wildman–Crippen MR) is 82.5 cm³/mol. The fourth-order valence-corrected chi connectivity index (χ4v) is 2.86. The van der Waals surface area contributed by atoms with Gasteiger partial charge in [-0.15, -0.1) is 0 Å². The van der Waals surface area contributed by atoms with Gasteiger partial charge in [-0.1, -0.05) is 103 Å². The maximum absolute atomic E-state index is 2.52. The second kappa shape index (κ2) is 13.4. The van der Waals surface area contributed by atoms with Crippen LogP contribution in [0.15, 0.2) is 0 Å². The Morgan fingerprint density at radius 2 is 0.556 bits per heavy atom. The minimum atomic E-state index is 1.34. The Balaban J connectivity index is 2.00. The topological polar surface area (TPSA) is 0 Å². The molecule has 1 aliphatic carbocycles. The van der Waals surface area contributed by atoms with E-state index in [2.05, 4.69) is 12.8 Å². The van der Waals surface area contributed by atoms with Crippen LogP contribution in [0.5, 0.6) is 0 Å². The van der Waals surface area contributed by atoms with E-state index in [1.165, 1.54) is 103 Å². The predicted octanol–water partition coefficient (Wildman–Crippen LogP) is 6.65. The normalized spacial score (nSPS) is 24.0. The lowest BCUT2D eigenvalue weighted by atomic mass is 10.0. The van der Waals surface area contributed by atoms with Gasteiger partial charge < -0.3 is 0 Å². The molecule has 0 spiro atoms. The van der Waals surface area contributed by atoms with Crippen molar-refractivity contribution in [3.05, 3.63) is 12.8 Å². The van der Waals surface area contributed by atoms with Crippen molar-refractivity contribution in [1.29, 1.82) is 0 Å². The van der Waals surface area contributed by atoms with E-state index in [0.29, 0.717) is 0 Å². The van der Waals surface area contributed by atoms with Gasteiger partial charge in [0.1, 0.15) is 0 Å². The van der Waals surface area contributed by atoms with E-state index in [-0.39, 0.29) is 0 Å². The van der Waals surface area contributed by atoms with Crippen LogP contribution in [0.3, 0.4) is 0 Å². The summed E-state index contributed by atoms with van der Waals surface area (Å²) < 4.78 is 0. The molecule has 2 radical (unpaired) electrons. The van der Waals surface area contributed by atoms with Crippen LogP contribution in [-0.2, 0) is 0 Å². The highest BCUT2D eigenvalue weighted by molar-refractivity contribution is 4.70. The molecule has 0 heterocycles. The van der Waals surface area contributed by atoms with Crippen LogP contribution in [-0.4, -0.2) is 0 Å². The van der Waals surface area contributed by atoms with Crippen LogP contribution in [0.1, 0.15) is 103 Å². The molecule has 0 unspecified atom stereocenters. The van der Waals surface area contributed by atoms with Gasteiger partial charge in [0.25, 0.3) is 0 Å². The van der Waals surface area contributed by atoms with E-state index < -0.39 is 0 Å². The quantitative estimate of drug-likeness (QED) is 0.451. The SMILES string of the molecule is [CH]1CCC[CH]CCCCCCCCCCCCC1. The fraction of sp³-hybridized carbons (Fsp3) is 0.889. The summed E-state index contributed by atoms with van der Waals surface area (Å²) in [5, 5.41) is 0. The summed E-state index contributed by atoms with van der Waals surface area (Å²) >= 11 is 0. The van der Waals surface area contributed by atoms with E-state index in [4.69, 9.17) is 0 Å². The molecule has 0 amide bonds. The van der Waals surface area contributed by atoms with Gasteiger partial charge in [0.15, 0.2) is 0 Å². The number of hydrogen-bond donors (Lipinski definition) is 0. The van der Waals surface area contributed by atoms with Gasteiger partial charge in [-0.3, -0.25) is 0 Å². The third-order valence-corrected chi connectivity index (χ3v) is 4.13. The molecule has 0 bridgehead atoms. The maximum Gasteiger partial charge on any atom is -0.0386 e. The van der Waals surface area contributed by atoms with Gasteiger partial charge in [0.2, 0.25) is 0 Å². The molecule has 0 aliphatic heterocycles. The summed E-state index contributed by atoms with van der Waals surface area (Å²) in [5.74, 6) is 0. The van der Waals surface area contributed by atoms with Gasteiger partial charge in [-0.2, -0.15) is 0 Å². The minimum absolute atomic E-state index is 1.34. The lowest BCUT2D eigenvalue weighted by Crippen LogP contribution is -1.86. The second-order valence-corrected chi connectivity index (χ2v) is 5.97. The van der Waals surface area contributed by atoms with E-state index in [0.717, 1.165) is 0 Å². The van der Waals surface area contributed by atoms with Gasteiger partial charge in [-0.05, 0) is 12.8 Å². The third-order valence-electron chi connectivity index (χ3n) is 4.13. The van der Waals surface area contributed by atoms with Gasteiger partial charge in [0.05, 0.1) is 0 Å². The van der Waals surface area contributed by atoms with Crippen molar-refractivity contribution in [2.75, 3.05) is 0 Å². The molecule has 1 fully saturated rings. The second-order valence-electron chi connectivity index (χ2n) is 5.97. The Morgan fingerprint density at radius 1 is 0.278 bits per heavy atom. The Morgan fingerprint density at radius 3 is 0.944 bits per heavy atom. The molecule has 1 rings (SSSR count). The largest absolute Gasteiger partial charge is 0.0533 e. The molecule has 0 saturated heterocycles. The zero-order valence-electron chi connectivity index (χ0n) is 12.5. The Labute approximate surface area is 116 Å². The van der Waals surface area contributed by atoms with Crippen molar-refractivity contribution in [2.24, 2.45) is 0 Å². The van der Waals surface area contributed by atoms with Crippen molar-refractivity contribution >= 4 is 0 Å². The van der Waals surface area contributed by atoms with Gasteiger partial charge >= 0.3 is 0 Å². The molecule has 0 N–H and O–H groups in total. The summed E-state index contributed by atoms with van der Waals surface area (Å²) in [6, 6.07) is 0. The van der Waals surface area contributed by atoms with E-state index in [1.807, 2.05) is 0 Å². The van der Waals surface area contributed by atoms with Crippen LogP contribution in [0, 0.1) is 12.8 Å². The van der Waals surface area contributed by atoms with E-state index >= 15 is 0 Å². The zero-order valence-corrected chi connectivity index (χ0v) is 12.5. The Hall–Kier alpha value is 0. The van der Waals surface area contributed by atoms with Crippen LogP contribution in [0.25, 0.3) is 0 Å². The highest BCUT2D eigenvalue weighted by Crippen LogP contribution is 2.15. The molecule has 0 heteroatoms. The Bertz CT molecular complexity index is 75.1. The highest BCUT2D eigenvalue weighted by atomic mass is 14.0. The molecule has 0 atom stereocenters. The molecule has 106 valence electrons. The zero-order chi connectivity index (χ0) is 12.7. The van der Waals surface area contributed by atoms with E-state index in [9.17, 15) is 0 Å². The Kier molecular flexibility index (Phi) is 12.0. The summed E-state index contributed by atoms with van der Waals surface area (Å²) in [6.07, 6.45) is 28.0. The fourth-order valence-electron chi connectivity index (χ4n) is 2.86. The van der Waals surface area contributed by atoms with Crippen LogP contribution in [0.4, 0.5) is 0 Å². The van der Waals surface area contributed by atoms with Crippen molar-refractivity contribution in [3.63, 3.8) is 0 Å². The first-order chi connectivity index (χ1) is 9.00. The molecule has 1 saturated carbocycles. The molecular weight excluding hydrogens is 216 g/mol. The molecule has 0 aromatic carbocycles. The number of hydrogen-bond acceptors (Lipinski definition) is 0. The highest BCUT2D eigenvalue weighted by Gasteiger charge is 1.96. The van der Waals surface area contributed by atoms with Crippen molar-refractivity contribution in [1.82, 2.24) is 0 Å². The van der Waals surface area contributed by atoms with Crippen molar-refractivity contribution in [2.45, 2.75) is 103 Å². The lowest BCUT2D eigenvalue weighted by molar-refractivity contribution is 0.538. The van der Waals surface area contributed by atoms with E-state index in [1.54, 1.807) is 0 Å². The lowest BCUT2D eigenvalue weighted by Gasteiger charge is -2.05. The molecule has 0 aromatic heterocycles. The van der Waals surface area contributed by atoms with Gasteiger partial charge in [-0.25, -0.2) is 0 Å². The minimum Gasteiger partial charge on any atom is -0.0533 e. The maximum atomic E-state index is 2.52. The standard InChI is InChI=1S/C18H34/c1-2-4-6-8-10-12-14-16-18-17-15-13-11-9-7-5-3-1/h1,8H,2-7,9-18H2. The molecule has 0 aromatic rings. The first-order valence-electron chi connectivity index (χ1n) is 8.63. The molecule has 0 nitrogen and oxygen atoms in total. The molecule has 1 aliphatic rings. The third kappa shape index (κ3) is 11.1. The summed E-state index contributed by atoms with van der Waals surface area (Å²) in [7, 11) is 0. The summed E-state index contributed by atoms with van der Waals surface area (Å²) in [5.41, 5.74) is 0. The first kappa shape index (κ1) is 16.1. The summed E-state index contributed by atoms with van der Waals surface area (Å²) in [4.78, 5) is 0. The van der Waals surface area contributed by atoms with Gasteiger partial charge in [0, 0.05) is 0 Å². The van der Waals surface area contributed by atoms with Crippen LogP contribution >= 0.6 is 0 Å². The number of rotatable bonds is 0. The van der Waals surface area contributed by atoms with Crippen molar-refractivity contribution < 1.29 is 0 Å². The first-order valence-corrected chi connectivity index (χ1v) is 8.63. The van der Waals surface area contributed by atoms with Crippen molar-refractivity contribution in [3.8, 4) is 0 Å². The smallest absolute Gasteiger partial charge is 0.0386 e. The summed E-state index contributed by atoms with van der Waals surface area (Å²) in [6.45, 7) is 0. The molecule has 18 heavy (non-hydrogen) atoms. The monoisotopic (exact) mass is 250 g/mol. The van der Waals surface area contributed by atoms with Crippen LogP contribution in [0.2, 0.25) is 0 Å². The van der Waals surface area contributed by atoms with Crippen LogP contribution < -0.4 is 0 Å². The average molecular weight is 250 g/mol.